The molecule has 1 N–H and O–H groups in total. The number of hydrogen-bond donors (Lipinski definition) is 1. The number of aliphatic hydroxyl groups is 1. The summed E-state index contributed by atoms with van der Waals surface area (Å²) >= 11 is 0. The molecule has 1 aromatic heterocycles. The van der Waals surface area contributed by atoms with Gasteiger partial charge in [-0.15, -0.1) is 0 Å². The molecule has 1 heterocycles. The lowest BCUT2D eigenvalue weighted by molar-refractivity contribution is 0.155. The molecule has 3 rings (SSSR count). The van der Waals surface area contributed by atoms with Gasteiger partial charge in [0.25, 0.3) is 0 Å². The van der Waals surface area contributed by atoms with Crippen LogP contribution in [0, 0.1) is 0 Å². The first-order valence-corrected chi connectivity index (χ1v) is 7.22. The van der Waals surface area contributed by atoms with Crippen molar-refractivity contribution in [2.75, 3.05) is 0 Å². The lowest BCUT2D eigenvalue weighted by atomic mass is 9.89. The molecule has 0 fully saturated rings. The molecule has 1 unspecified atom stereocenters. The first kappa shape index (κ1) is 13.2. The molecule has 1 aliphatic rings. The maximum Gasteiger partial charge on any atom is 0.123 e. The van der Waals surface area contributed by atoms with Crippen LogP contribution in [0.5, 0.6) is 5.75 Å². The lowest BCUT2D eigenvalue weighted by Gasteiger charge is -2.23. The van der Waals surface area contributed by atoms with Gasteiger partial charge in [0.15, 0.2) is 0 Å². The number of hydrogen-bond acceptors (Lipinski definition) is 3. The van der Waals surface area contributed by atoms with Gasteiger partial charge in [0, 0.05) is 18.3 Å². The Kier molecular flexibility index (Phi) is 3.74. The smallest absolute Gasteiger partial charge is 0.123 e. The zero-order valence-electron chi connectivity index (χ0n) is 11.7. The minimum Gasteiger partial charge on any atom is -0.488 e. The van der Waals surface area contributed by atoms with Gasteiger partial charge >= 0.3 is 0 Å². The van der Waals surface area contributed by atoms with E-state index in [0.717, 1.165) is 48.2 Å². The quantitative estimate of drug-likeness (QED) is 0.931. The molecule has 0 radical (unpaired) electrons. The van der Waals surface area contributed by atoms with Crippen molar-refractivity contribution in [2.24, 2.45) is 0 Å². The zero-order chi connectivity index (χ0) is 13.9. The molecule has 0 aliphatic heterocycles. The Balaban J connectivity index is 1.76. The predicted molar refractivity (Wildman–Crippen MR) is 76.6 cm³/mol. The fourth-order valence-corrected chi connectivity index (χ4v) is 2.74. The van der Waals surface area contributed by atoms with Crippen LogP contribution < -0.4 is 4.74 Å². The second-order valence-corrected chi connectivity index (χ2v) is 5.22. The summed E-state index contributed by atoms with van der Waals surface area (Å²) in [5.74, 6) is 0.894. The van der Waals surface area contributed by atoms with Gasteiger partial charge in [-0.1, -0.05) is 12.1 Å². The number of aryl methyl sites for hydroxylation is 1. The summed E-state index contributed by atoms with van der Waals surface area (Å²) in [7, 11) is 0. The highest BCUT2D eigenvalue weighted by Crippen LogP contribution is 2.35. The van der Waals surface area contributed by atoms with Gasteiger partial charge in [-0.3, -0.25) is 4.68 Å². The number of aliphatic hydroxyl groups excluding tert-OH is 1. The topological polar surface area (TPSA) is 47.3 Å². The van der Waals surface area contributed by atoms with Gasteiger partial charge in [-0.2, -0.15) is 5.10 Å². The zero-order valence-corrected chi connectivity index (χ0v) is 11.7. The first-order valence-electron chi connectivity index (χ1n) is 7.22. The highest BCUT2D eigenvalue weighted by atomic mass is 16.5. The van der Waals surface area contributed by atoms with E-state index >= 15 is 0 Å². The normalized spacial score (nSPS) is 17.8. The van der Waals surface area contributed by atoms with Crippen LogP contribution >= 0.6 is 0 Å². The number of nitrogens with zero attached hydrogens (tertiary/aromatic N) is 2. The minimum absolute atomic E-state index is 0.342. The predicted octanol–water partition coefficient (Wildman–Crippen LogP) is 2.85. The van der Waals surface area contributed by atoms with E-state index in [1.165, 1.54) is 0 Å². The number of aromatic nitrogens is 2. The van der Waals surface area contributed by atoms with Crippen molar-refractivity contribution < 1.29 is 9.84 Å². The Morgan fingerprint density at radius 2 is 2.35 bits per heavy atom. The monoisotopic (exact) mass is 272 g/mol. The van der Waals surface area contributed by atoms with E-state index in [1.807, 2.05) is 35.3 Å². The van der Waals surface area contributed by atoms with Crippen LogP contribution in [0.25, 0.3) is 0 Å². The Morgan fingerprint density at radius 1 is 1.45 bits per heavy atom. The van der Waals surface area contributed by atoms with Crippen LogP contribution in [-0.4, -0.2) is 14.9 Å². The molecule has 1 aliphatic carbocycles. The van der Waals surface area contributed by atoms with Crippen LogP contribution in [0.2, 0.25) is 0 Å². The number of ether oxygens (including phenoxy) is 1. The molecule has 2 aromatic rings. The lowest BCUT2D eigenvalue weighted by Crippen LogP contribution is -2.11. The van der Waals surface area contributed by atoms with E-state index in [1.54, 1.807) is 0 Å². The molecular weight excluding hydrogens is 252 g/mol. The van der Waals surface area contributed by atoms with Gasteiger partial charge in [0.05, 0.1) is 12.3 Å². The Morgan fingerprint density at radius 3 is 3.15 bits per heavy atom. The fraction of sp³-hybridized carbons (Fsp3) is 0.438. The van der Waals surface area contributed by atoms with Crippen LogP contribution in [0.4, 0.5) is 0 Å². The number of fused-ring (bicyclic) bond motifs is 1. The van der Waals surface area contributed by atoms with Gasteiger partial charge in [0.2, 0.25) is 0 Å². The molecule has 4 nitrogen and oxygen atoms in total. The summed E-state index contributed by atoms with van der Waals surface area (Å²) < 4.78 is 7.82. The minimum atomic E-state index is -0.342. The maximum atomic E-state index is 10.0. The van der Waals surface area contributed by atoms with Crippen LogP contribution in [-0.2, 0) is 19.6 Å². The highest BCUT2D eigenvalue weighted by molar-refractivity contribution is 5.42. The molecule has 4 heteroatoms. The molecule has 0 bridgehead atoms. The SMILES string of the molecule is CCn1cc(COc2cccc3c2CCCC3O)cn1. The standard InChI is InChI=1S/C16H20N2O2/c1-2-18-10-12(9-17-18)11-20-16-8-4-5-13-14(16)6-3-7-15(13)19/h4-5,8-10,15,19H,2-3,6-7,11H2,1H3. The van der Waals surface area contributed by atoms with Crippen LogP contribution in [0.3, 0.4) is 0 Å². The molecule has 106 valence electrons. The van der Waals surface area contributed by atoms with E-state index < -0.39 is 0 Å². The third kappa shape index (κ3) is 2.56. The summed E-state index contributed by atoms with van der Waals surface area (Å²) in [5.41, 5.74) is 3.26. The van der Waals surface area contributed by atoms with Gasteiger partial charge in [0.1, 0.15) is 12.4 Å². The van der Waals surface area contributed by atoms with Crippen molar-refractivity contribution in [3.05, 3.63) is 47.3 Å². The second kappa shape index (κ2) is 5.67. The van der Waals surface area contributed by atoms with E-state index in [4.69, 9.17) is 4.74 Å². The largest absolute Gasteiger partial charge is 0.488 e. The van der Waals surface area contributed by atoms with E-state index in [-0.39, 0.29) is 6.10 Å². The van der Waals surface area contributed by atoms with Crippen molar-refractivity contribution in [1.29, 1.82) is 0 Å². The highest BCUT2D eigenvalue weighted by Gasteiger charge is 2.20. The molecule has 0 saturated carbocycles. The molecule has 1 aromatic carbocycles. The van der Waals surface area contributed by atoms with Crippen molar-refractivity contribution in [3.8, 4) is 5.75 Å². The maximum absolute atomic E-state index is 10.0. The molecular formula is C16H20N2O2. The number of benzene rings is 1. The van der Waals surface area contributed by atoms with Crippen molar-refractivity contribution in [3.63, 3.8) is 0 Å². The first-order chi connectivity index (χ1) is 9.78. The van der Waals surface area contributed by atoms with Crippen LogP contribution in [0.15, 0.2) is 30.6 Å². The Labute approximate surface area is 119 Å². The van der Waals surface area contributed by atoms with Crippen molar-refractivity contribution >= 4 is 0 Å². The van der Waals surface area contributed by atoms with Crippen molar-refractivity contribution in [2.45, 2.75) is 45.4 Å². The average molecular weight is 272 g/mol. The summed E-state index contributed by atoms with van der Waals surface area (Å²) in [6, 6.07) is 5.94. The van der Waals surface area contributed by atoms with E-state index in [9.17, 15) is 5.11 Å². The van der Waals surface area contributed by atoms with Gasteiger partial charge in [-0.25, -0.2) is 0 Å². The number of rotatable bonds is 4. The Hall–Kier alpha value is -1.81. The van der Waals surface area contributed by atoms with E-state index in [2.05, 4.69) is 12.0 Å². The average Bonchev–Trinajstić information content (AvgIpc) is 2.94. The molecule has 0 amide bonds. The Bertz CT molecular complexity index is 592. The summed E-state index contributed by atoms with van der Waals surface area (Å²) in [6.07, 6.45) is 6.35. The second-order valence-electron chi connectivity index (χ2n) is 5.22. The third-order valence-electron chi connectivity index (χ3n) is 3.84. The van der Waals surface area contributed by atoms with E-state index in [0.29, 0.717) is 6.61 Å². The molecule has 1 atom stereocenters. The van der Waals surface area contributed by atoms with Crippen LogP contribution in [0.1, 0.15) is 42.6 Å². The molecule has 0 saturated heterocycles. The van der Waals surface area contributed by atoms with Crippen molar-refractivity contribution in [1.82, 2.24) is 9.78 Å². The summed E-state index contributed by atoms with van der Waals surface area (Å²) in [5, 5.41) is 14.3. The molecule has 20 heavy (non-hydrogen) atoms. The fourth-order valence-electron chi connectivity index (χ4n) is 2.74. The molecule has 0 spiro atoms. The van der Waals surface area contributed by atoms with Gasteiger partial charge < -0.3 is 9.84 Å². The summed E-state index contributed by atoms with van der Waals surface area (Å²) in [4.78, 5) is 0. The third-order valence-corrected chi connectivity index (χ3v) is 3.84. The summed E-state index contributed by atoms with van der Waals surface area (Å²) in [6.45, 7) is 3.45. The van der Waals surface area contributed by atoms with Gasteiger partial charge in [-0.05, 0) is 43.4 Å².